The van der Waals surface area contributed by atoms with Gasteiger partial charge in [0, 0.05) is 23.8 Å². The van der Waals surface area contributed by atoms with Crippen LogP contribution in [0.15, 0.2) is 18.2 Å². The summed E-state index contributed by atoms with van der Waals surface area (Å²) in [4.78, 5) is 14.2. The van der Waals surface area contributed by atoms with Gasteiger partial charge in [0.1, 0.15) is 0 Å². The van der Waals surface area contributed by atoms with Crippen molar-refractivity contribution in [1.82, 2.24) is 4.90 Å². The second kappa shape index (κ2) is 4.16. The number of hydrogen-bond acceptors (Lipinski definition) is 2. The summed E-state index contributed by atoms with van der Waals surface area (Å²) < 4.78 is 0. The van der Waals surface area contributed by atoms with Crippen molar-refractivity contribution in [3.8, 4) is 0 Å². The highest BCUT2D eigenvalue weighted by atomic mass is 16.2. The van der Waals surface area contributed by atoms with Crippen molar-refractivity contribution in [2.75, 3.05) is 12.3 Å². The third-order valence-corrected chi connectivity index (χ3v) is 3.20. The van der Waals surface area contributed by atoms with Gasteiger partial charge in [-0.05, 0) is 44.4 Å². The molecule has 16 heavy (non-hydrogen) atoms. The van der Waals surface area contributed by atoms with E-state index in [0.717, 1.165) is 30.5 Å². The molecule has 1 aliphatic carbocycles. The summed E-state index contributed by atoms with van der Waals surface area (Å²) in [5, 5.41) is 0. The molecule has 1 amide bonds. The molecule has 1 saturated carbocycles. The Labute approximate surface area is 96.2 Å². The summed E-state index contributed by atoms with van der Waals surface area (Å²) >= 11 is 0. The molecule has 0 heterocycles. The molecule has 0 radical (unpaired) electrons. The van der Waals surface area contributed by atoms with Crippen molar-refractivity contribution < 1.29 is 4.79 Å². The van der Waals surface area contributed by atoms with Gasteiger partial charge in [-0.3, -0.25) is 4.79 Å². The Balaban J connectivity index is 2.28. The van der Waals surface area contributed by atoms with Crippen molar-refractivity contribution in [3.63, 3.8) is 0 Å². The molecule has 1 aromatic carbocycles. The molecule has 0 spiro atoms. The van der Waals surface area contributed by atoms with E-state index in [4.69, 9.17) is 5.73 Å². The monoisotopic (exact) mass is 218 g/mol. The molecule has 1 fully saturated rings. The van der Waals surface area contributed by atoms with E-state index in [1.54, 1.807) is 0 Å². The summed E-state index contributed by atoms with van der Waals surface area (Å²) in [7, 11) is 0. The van der Waals surface area contributed by atoms with Crippen LogP contribution in [0.25, 0.3) is 0 Å². The van der Waals surface area contributed by atoms with Crippen LogP contribution in [0.2, 0.25) is 0 Å². The van der Waals surface area contributed by atoms with Crippen LogP contribution in [0.5, 0.6) is 0 Å². The Morgan fingerprint density at radius 2 is 2.19 bits per heavy atom. The molecule has 0 saturated heterocycles. The van der Waals surface area contributed by atoms with Gasteiger partial charge in [0.25, 0.3) is 5.91 Å². The average Bonchev–Trinajstić information content (AvgIpc) is 3.07. The van der Waals surface area contributed by atoms with E-state index < -0.39 is 0 Å². The first-order valence-electron chi connectivity index (χ1n) is 5.81. The van der Waals surface area contributed by atoms with Crippen molar-refractivity contribution in [3.05, 3.63) is 29.3 Å². The van der Waals surface area contributed by atoms with Crippen LogP contribution in [-0.2, 0) is 0 Å². The predicted molar refractivity (Wildman–Crippen MR) is 65.3 cm³/mol. The van der Waals surface area contributed by atoms with Crippen LogP contribution in [0, 0.1) is 6.92 Å². The minimum absolute atomic E-state index is 0.120. The Hall–Kier alpha value is -1.51. The van der Waals surface area contributed by atoms with Crippen LogP contribution in [0.1, 0.15) is 35.7 Å². The number of nitrogens with two attached hydrogens (primary N) is 1. The Morgan fingerprint density at radius 3 is 2.75 bits per heavy atom. The molecular weight excluding hydrogens is 200 g/mol. The Kier molecular flexibility index (Phi) is 2.86. The highest BCUT2D eigenvalue weighted by Gasteiger charge is 2.32. The number of anilines is 1. The maximum Gasteiger partial charge on any atom is 0.254 e. The molecular formula is C13H18N2O. The first-order valence-corrected chi connectivity index (χ1v) is 5.81. The molecule has 3 heteroatoms. The third-order valence-electron chi connectivity index (χ3n) is 3.20. The standard InChI is InChI=1S/C13H18N2O/c1-3-15(10-7-8-10)13(16)11-5-4-6-12(14)9(11)2/h4-6,10H,3,7-8,14H2,1-2H3. The minimum atomic E-state index is 0.120. The van der Waals surface area contributed by atoms with E-state index in [-0.39, 0.29) is 5.91 Å². The summed E-state index contributed by atoms with van der Waals surface area (Å²) in [5.74, 6) is 0.120. The first kappa shape index (κ1) is 11.0. The fourth-order valence-corrected chi connectivity index (χ4v) is 1.99. The molecule has 1 aromatic rings. The zero-order valence-electron chi connectivity index (χ0n) is 9.86. The number of nitrogens with zero attached hydrogens (tertiary/aromatic N) is 1. The lowest BCUT2D eigenvalue weighted by Crippen LogP contribution is -2.33. The molecule has 0 atom stereocenters. The van der Waals surface area contributed by atoms with Crippen LogP contribution < -0.4 is 5.73 Å². The number of benzene rings is 1. The second-order valence-electron chi connectivity index (χ2n) is 4.34. The van der Waals surface area contributed by atoms with Crippen molar-refractivity contribution in [2.45, 2.75) is 32.7 Å². The summed E-state index contributed by atoms with van der Waals surface area (Å²) in [5.41, 5.74) is 8.15. The van der Waals surface area contributed by atoms with Gasteiger partial charge in [-0.25, -0.2) is 0 Å². The fraction of sp³-hybridized carbons (Fsp3) is 0.462. The van der Waals surface area contributed by atoms with Gasteiger partial charge in [-0.15, -0.1) is 0 Å². The maximum absolute atomic E-state index is 12.3. The number of nitrogen functional groups attached to an aromatic ring is 1. The highest BCUT2D eigenvalue weighted by molar-refractivity contribution is 5.97. The largest absolute Gasteiger partial charge is 0.398 e. The lowest BCUT2D eigenvalue weighted by molar-refractivity contribution is 0.0752. The smallest absolute Gasteiger partial charge is 0.254 e. The van der Waals surface area contributed by atoms with E-state index in [2.05, 4.69) is 0 Å². The molecule has 2 rings (SSSR count). The van der Waals surface area contributed by atoms with Crippen LogP contribution >= 0.6 is 0 Å². The van der Waals surface area contributed by atoms with Crippen molar-refractivity contribution in [2.24, 2.45) is 0 Å². The summed E-state index contributed by atoms with van der Waals surface area (Å²) in [6, 6.07) is 5.99. The van der Waals surface area contributed by atoms with Gasteiger partial charge in [0.05, 0.1) is 0 Å². The van der Waals surface area contributed by atoms with Gasteiger partial charge in [0.2, 0.25) is 0 Å². The molecule has 3 nitrogen and oxygen atoms in total. The van der Waals surface area contributed by atoms with Gasteiger partial charge in [0.15, 0.2) is 0 Å². The quantitative estimate of drug-likeness (QED) is 0.790. The van der Waals surface area contributed by atoms with E-state index in [0.29, 0.717) is 11.7 Å². The van der Waals surface area contributed by atoms with Gasteiger partial charge in [-0.1, -0.05) is 6.07 Å². The van der Waals surface area contributed by atoms with E-state index in [9.17, 15) is 4.79 Å². The van der Waals surface area contributed by atoms with E-state index in [1.165, 1.54) is 0 Å². The van der Waals surface area contributed by atoms with Crippen molar-refractivity contribution >= 4 is 11.6 Å². The zero-order valence-corrected chi connectivity index (χ0v) is 9.86. The Morgan fingerprint density at radius 1 is 1.50 bits per heavy atom. The second-order valence-corrected chi connectivity index (χ2v) is 4.34. The Bertz CT molecular complexity index is 410. The van der Waals surface area contributed by atoms with Gasteiger partial charge >= 0.3 is 0 Å². The van der Waals surface area contributed by atoms with E-state index >= 15 is 0 Å². The molecule has 0 bridgehead atoms. The normalized spacial score (nSPS) is 14.9. The molecule has 0 unspecified atom stereocenters. The predicted octanol–water partition coefficient (Wildman–Crippen LogP) is 2.20. The number of hydrogen-bond donors (Lipinski definition) is 1. The molecule has 2 N–H and O–H groups in total. The lowest BCUT2D eigenvalue weighted by Gasteiger charge is -2.21. The summed E-state index contributed by atoms with van der Waals surface area (Å²) in [6.45, 7) is 4.71. The molecule has 86 valence electrons. The van der Waals surface area contributed by atoms with Crippen molar-refractivity contribution in [1.29, 1.82) is 0 Å². The van der Waals surface area contributed by atoms with E-state index in [1.807, 2.05) is 36.9 Å². The third kappa shape index (κ3) is 1.90. The minimum Gasteiger partial charge on any atom is -0.398 e. The molecule has 0 aliphatic heterocycles. The van der Waals surface area contributed by atoms with Gasteiger partial charge in [-0.2, -0.15) is 0 Å². The number of carbonyl (C=O) groups is 1. The summed E-state index contributed by atoms with van der Waals surface area (Å²) in [6.07, 6.45) is 2.28. The molecule has 0 aromatic heterocycles. The molecule has 1 aliphatic rings. The maximum atomic E-state index is 12.3. The SMILES string of the molecule is CCN(C(=O)c1cccc(N)c1C)C1CC1. The fourth-order valence-electron chi connectivity index (χ4n) is 1.99. The topological polar surface area (TPSA) is 46.3 Å². The van der Waals surface area contributed by atoms with Gasteiger partial charge < -0.3 is 10.6 Å². The lowest BCUT2D eigenvalue weighted by atomic mass is 10.1. The number of amides is 1. The average molecular weight is 218 g/mol. The highest BCUT2D eigenvalue weighted by Crippen LogP contribution is 2.29. The number of carbonyl (C=O) groups excluding carboxylic acids is 1. The van der Waals surface area contributed by atoms with Crippen LogP contribution in [-0.4, -0.2) is 23.4 Å². The van der Waals surface area contributed by atoms with Crippen LogP contribution in [0.4, 0.5) is 5.69 Å². The number of rotatable bonds is 3. The zero-order chi connectivity index (χ0) is 11.7. The van der Waals surface area contributed by atoms with Crippen LogP contribution in [0.3, 0.4) is 0 Å². The first-order chi connectivity index (χ1) is 7.65.